The van der Waals surface area contributed by atoms with Gasteiger partial charge < -0.3 is 10.3 Å². The molecule has 4 rings (SSSR count). The molecule has 0 radical (unpaired) electrons. The second kappa shape index (κ2) is 9.39. The number of benzene rings is 3. The van der Waals surface area contributed by atoms with Crippen molar-refractivity contribution < 1.29 is 13.2 Å². The van der Waals surface area contributed by atoms with E-state index in [1.165, 1.54) is 38.4 Å². The molecule has 0 aliphatic heterocycles. The van der Waals surface area contributed by atoms with Gasteiger partial charge in [-0.1, -0.05) is 48.0 Å². The lowest BCUT2D eigenvalue weighted by atomic mass is 9.90. The summed E-state index contributed by atoms with van der Waals surface area (Å²) in [5.41, 5.74) is 3.33. The standard InChI is InChI=1S/C25H24ClN3O3S/c1-29(2)33(31,32)18-13-11-17(12-14-18)25(30)28-16-21(19-7-3-5-9-23(19)26)22-15-27-24-10-6-4-8-20(22)24/h3-15,21,27H,16H2,1-2H3,(H,28,30)/t21-/m0/s1. The number of nitrogens with zero attached hydrogens (tertiary/aromatic N) is 1. The number of para-hydroxylation sites is 1. The van der Waals surface area contributed by atoms with Crippen molar-refractivity contribution in [2.45, 2.75) is 10.8 Å². The summed E-state index contributed by atoms with van der Waals surface area (Å²) < 4.78 is 25.7. The Morgan fingerprint density at radius 1 is 0.970 bits per heavy atom. The number of aromatic nitrogens is 1. The molecule has 6 nitrogen and oxygen atoms in total. The maximum absolute atomic E-state index is 12.9. The van der Waals surface area contributed by atoms with E-state index in [0.717, 1.165) is 26.3 Å². The summed E-state index contributed by atoms with van der Waals surface area (Å²) in [6.45, 7) is 0.322. The molecule has 0 saturated carbocycles. The maximum Gasteiger partial charge on any atom is 0.251 e. The minimum absolute atomic E-state index is 0.136. The summed E-state index contributed by atoms with van der Waals surface area (Å²) in [4.78, 5) is 16.3. The summed E-state index contributed by atoms with van der Waals surface area (Å²) in [7, 11) is -0.617. The Bertz CT molecular complexity index is 1400. The zero-order chi connectivity index (χ0) is 23.6. The molecule has 170 valence electrons. The number of halogens is 1. The van der Waals surface area contributed by atoms with Gasteiger partial charge in [0, 0.05) is 54.2 Å². The van der Waals surface area contributed by atoms with E-state index in [1.807, 2.05) is 54.7 Å². The van der Waals surface area contributed by atoms with E-state index in [1.54, 1.807) is 0 Å². The van der Waals surface area contributed by atoms with Gasteiger partial charge in [-0.25, -0.2) is 12.7 Å². The summed E-state index contributed by atoms with van der Waals surface area (Å²) in [6.07, 6.45) is 1.95. The number of carbonyl (C=O) groups excluding carboxylic acids is 1. The molecule has 8 heteroatoms. The molecule has 0 fully saturated rings. The SMILES string of the molecule is CN(C)S(=O)(=O)c1ccc(C(=O)NC[C@@H](c2ccccc2Cl)c2c[nH]c3ccccc23)cc1. The minimum Gasteiger partial charge on any atom is -0.361 e. The first-order valence-corrected chi connectivity index (χ1v) is 12.2. The Morgan fingerprint density at radius 2 is 1.64 bits per heavy atom. The first-order chi connectivity index (χ1) is 15.8. The highest BCUT2D eigenvalue weighted by Crippen LogP contribution is 2.34. The van der Waals surface area contributed by atoms with Crippen molar-refractivity contribution in [3.63, 3.8) is 0 Å². The van der Waals surface area contributed by atoms with Crippen LogP contribution in [0.15, 0.2) is 83.9 Å². The number of fused-ring (bicyclic) bond motifs is 1. The largest absolute Gasteiger partial charge is 0.361 e. The monoisotopic (exact) mass is 481 g/mol. The average molecular weight is 482 g/mol. The molecule has 0 unspecified atom stereocenters. The number of rotatable bonds is 7. The summed E-state index contributed by atoms with van der Waals surface area (Å²) >= 11 is 6.52. The van der Waals surface area contributed by atoms with Crippen LogP contribution in [0.3, 0.4) is 0 Å². The Morgan fingerprint density at radius 3 is 2.33 bits per heavy atom. The van der Waals surface area contributed by atoms with Crippen molar-refractivity contribution in [1.29, 1.82) is 0 Å². The van der Waals surface area contributed by atoms with Crippen LogP contribution >= 0.6 is 11.6 Å². The van der Waals surface area contributed by atoms with E-state index in [2.05, 4.69) is 10.3 Å². The lowest BCUT2D eigenvalue weighted by Crippen LogP contribution is -2.29. The molecule has 2 N–H and O–H groups in total. The molecular weight excluding hydrogens is 458 g/mol. The van der Waals surface area contributed by atoms with Crippen LogP contribution in [-0.2, 0) is 10.0 Å². The third kappa shape index (κ3) is 4.66. The van der Waals surface area contributed by atoms with E-state index in [0.29, 0.717) is 17.1 Å². The first kappa shape index (κ1) is 23.0. The van der Waals surface area contributed by atoms with Crippen LogP contribution in [-0.4, -0.2) is 44.3 Å². The summed E-state index contributed by atoms with van der Waals surface area (Å²) in [5, 5.41) is 4.68. The first-order valence-electron chi connectivity index (χ1n) is 10.4. The quantitative estimate of drug-likeness (QED) is 0.403. The fraction of sp³-hybridized carbons (Fsp3) is 0.160. The molecule has 0 aliphatic carbocycles. The van der Waals surface area contributed by atoms with Crippen LogP contribution in [0.2, 0.25) is 5.02 Å². The van der Waals surface area contributed by atoms with Crippen molar-refractivity contribution >= 4 is 38.4 Å². The molecule has 0 aliphatic rings. The number of hydrogen-bond donors (Lipinski definition) is 2. The van der Waals surface area contributed by atoms with Gasteiger partial charge in [0.25, 0.3) is 5.91 Å². The highest BCUT2D eigenvalue weighted by molar-refractivity contribution is 7.89. The Labute approximate surface area is 198 Å². The molecule has 0 bridgehead atoms. The smallest absolute Gasteiger partial charge is 0.251 e. The van der Waals surface area contributed by atoms with E-state index >= 15 is 0 Å². The predicted molar refractivity (Wildman–Crippen MR) is 131 cm³/mol. The molecule has 1 heterocycles. The third-order valence-electron chi connectivity index (χ3n) is 5.64. The number of nitrogens with one attached hydrogen (secondary N) is 2. The Hall–Kier alpha value is -3.13. The topological polar surface area (TPSA) is 82.3 Å². The van der Waals surface area contributed by atoms with Crippen molar-refractivity contribution in [3.8, 4) is 0 Å². The summed E-state index contributed by atoms with van der Waals surface area (Å²) in [5.74, 6) is -0.465. The lowest BCUT2D eigenvalue weighted by molar-refractivity contribution is 0.0952. The van der Waals surface area contributed by atoms with Gasteiger partial charge in [-0.2, -0.15) is 0 Å². The van der Waals surface area contributed by atoms with Crippen molar-refractivity contribution in [2.24, 2.45) is 0 Å². The number of H-pyrrole nitrogens is 1. The van der Waals surface area contributed by atoms with Crippen LogP contribution in [0.1, 0.15) is 27.4 Å². The zero-order valence-corrected chi connectivity index (χ0v) is 19.8. The molecule has 33 heavy (non-hydrogen) atoms. The normalized spacial score (nSPS) is 12.7. The molecule has 4 aromatic rings. The van der Waals surface area contributed by atoms with Crippen molar-refractivity contribution in [1.82, 2.24) is 14.6 Å². The second-order valence-electron chi connectivity index (χ2n) is 7.89. The van der Waals surface area contributed by atoms with E-state index < -0.39 is 10.0 Å². The fourth-order valence-electron chi connectivity index (χ4n) is 3.81. The number of amides is 1. The predicted octanol–water partition coefficient (Wildman–Crippen LogP) is 4.63. The van der Waals surface area contributed by atoms with Gasteiger partial charge in [0.15, 0.2) is 0 Å². The zero-order valence-electron chi connectivity index (χ0n) is 18.2. The molecule has 1 atom stereocenters. The molecule has 0 spiro atoms. The average Bonchev–Trinajstić information content (AvgIpc) is 3.24. The van der Waals surface area contributed by atoms with Gasteiger partial charge in [-0.15, -0.1) is 0 Å². The van der Waals surface area contributed by atoms with Gasteiger partial charge in [0.1, 0.15) is 0 Å². The van der Waals surface area contributed by atoms with Crippen LogP contribution < -0.4 is 5.32 Å². The third-order valence-corrected chi connectivity index (χ3v) is 7.81. The number of aromatic amines is 1. The highest BCUT2D eigenvalue weighted by atomic mass is 35.5. The molecular formula is C25H24ClN3O3S. The molecule has 1 amide bonds. The Kier molecular flexibility index (Phi) is 6.56. The number of carbonyl (C=O) groups is 1. The van der Waals surface area contributed by atoms with E-state index in [4.69, 9.17) is 11.6 Å². The van der Waals surface area contributed by atoms with E-state index in [-0.39, 0.29) is 16.7 Å². The minimum atomic E-state index is -3.55. The second-order valence-corrected chi connectivity index (χ2v) is 10.4. The van der Waals surface area contributed by atoms with Gasteiger partial charge in [-0.3, -0.25) is 4.79 Å². The van der Waals surface area contributed by atoms with Gasteiger partial charge in [0.05, 0.1) is 4.90 Å². The van der Waals surface area contributed by atoms with Crippen LogP contribution in [0, 0.1) is 0 Å². The fourth-order valence-corrected chi connectivity index (χ4v) is 4.98. The van der Waals surface area contributed by atoms with Crippen LogP contribution in [0.4, 0.5) is 0 Å². The maximum atomic E-state index is 12.9. The summed E-state index contributed by atoms with van der Waals surface area (Å²) in [6, 6.07) is 21.5. The van der Waals surface area contributed by atoms with Crippen LogP contribution in [0.25, 0.3) is 10.9 Å². The highest BCUT2D eigenvalue weighted by Gasteiger charge is 2.22. The Balaban J connectivity index is 1.60. The molecule has 3 aromatic carbocycles. The van der Waals surface area contributed by atoms with E-state index in [9.17, 15) is 13.2 Å². The molecule has 0 saturated heterocycles. The van der Waals surface area contributed by atoms with Gasteiger partial charge >= 0.3 is 0 Å². The van der Waals surface area contributed by atoms with Gasteiger partial charge in [0.2, 0.25) is 10.0 Å². The molecule has 1 aromatic heterocycles. The van der Waals surface area contributed by atoms with Gasteiger partial charge in [-0.05, 0) is 47.5 Å². The van der Waals surface area contributed by atoms with Crippen molar-refractivity contribution in [2.75, 3.05) is 20.6 Å². The van der Waals surface area contributed by atoms with Crippen LogP contribution in [0.5, 0.6) is 0 Å². The number of sulfonamides is 1. The number of hydrogen-bond acceptors (Lipinski definition) is 3. The lowest BCUT2D eigenvalue weighted by Gasteiger charge is -2.19. The van der Waals surface area contributed by atoms with Crippen molar-refractivity contribution in [3.05, 3.63) is 101 Å².